The van der Waals surface area contributed by atoms with Gasteiger partial charge in [-0.1, -0.05) is 54.1 Å². The summed E-state index contributed by atoms with van der Waals surface area (Å²) in [5.74, 6) is 0. The van der Waals surface area contributed by atoms with Crippen LogP contribution in [0.1, 0.15) is 35.1 Å². The molecule has 3 aromatic carbocycles. The van der Waals surface area contributed by atoms with Crippen molar-refractivity contribution in [3.05, 3.63) is 95.1 Å². The van der Waals surface area contributed by atoms with E-state index < -0.39 is 21.8 Å². The first-order valence-corrected chi connectivity index (χ1v) is 13.1. The van der Waals surface area contributed by atoms with Gasteiger partial charge in [0.25, 0.3) is 10.0 Å². The summed E-state index contributed by atoms with van der Waals surface area (Å²) in [4.78, 5) is 2.23. The summed E-state index contributed by atoms with van der Waals surface area (Å²) in [6.45, 7) is 4.91. The van der Waals surface area contributed by atoms with Crippen molar-refractivity contribution in [1.29, 1.82) is 0 Å². The number of nitrogens with zero attached hydrogens (tertiary/aromatic N) is 2. The summed E-state index contributed by atoms with van der Waals surface area (Å²) in [5, 5.41) is 0. The molecule has 8 heteroatoms. The van der Waals surface area contributed by atoms with Gasteiger partial charge in [0.2, 0.25) is 0 Å². The Morgan fingerprint density at radius 1 is 0.886 bits per heavy atom. The van der Waals surface area contributed by atoms with E-state index in [0.717, 1.165) is 11.6 Å². The molecule has 1 heterocycles. The fourth-order valence-corrected chi connectivity index (χ4v) is 6.62. The molecule has 0 radical (unpaired) electrons. The Hall–Kier alpha value is -2.84. The van der Waals surface area contributed by atoms with Crippen molar-refractivity contribution in [2.75, 3.05) is 17.4 Å². The zero-order valence-corrected chi connectivity index (χ0v) is 20.6. The first kappa shape index (κ1) is 25.3. The minimum Gasteiger partial charge on any atom is -0.299 e. The zero-order chi connectivity index (χ0) is 25.2. The lowest BCUT2D eigenvalue weighted by Gasteiger charge is -2.39. The molecule has 186 valence electrons. The van der Waals surface area contributed by atoms with Crippen LogP contribution >= 0.6 is 0 Å². The van der Waals surface area contributed by atoms with Gasteiger partial charge in [0.05, 0.1) is 16.1 Å². The highest BCUT2D eigenvalue weighted by atomic mass is 32.2. The first-order chi connectivity index (χ1) is 16.6. The molecule has 0 amide bonds. The monoisotopic (exact) mass is 502 g/mol. The third-order valence-electron chi connectivity index (χ3n) is 6.52. The van der Waals surface area contributed by atoms with Crippen LogP contribution in [0.25, 0.3) is 0 Å². The molecule has 1 saturated heterocycles. The van der Waals surface area contributed by atoms with E-state index in [1.807, 2.05) is 42.2 Å². The number of aryl methyl sites for hydroxylation is 2. The number of halogens is 3. The minimum atomic E-state index is -4.40. The molecule has 3 aromatic rings. The van der Waals surface area contributed by atoms with Crippen LogP contribution in [0.2, 0.25) is 0 Å². The minimum absolute atomic E-state index is 0.178. The zero-order valence-electron chi connectivity index (χ0n) is 19.8. The Kier molecular flexibility index (Phi) is 7.24. The average molecular weight is 503 g/mol. The Balaban J connectivity index is 1.58. The number of likely N-dealkylation sites (tertiary alicyclic amines) is 1. The first-order valence-electron chi connectivity index (χ1n) is 11.6. The number of rotatable bonds is 6. The van der Waals surface area contributed by atoms with Crippen LogP contribution in [-0.4, -0.2) is 32.4 Å². The fourth-order valence-electron chi connectivity index (χ4n) is 4.68. The second-order valence-corrected chi connectivity index (χ2v) is 10.8. The molecule has 4 nitrogen and oxygen atoms in total. The standard InChI is InChI=1S/C27H29F3N2O2S/c1-20-11-13-23(14-12-20)32(35(33,34)26-10-6-3-7-21(26)2)24-15-17-31(18-16-24)19-22-8-4-5-9-25(22)27(28,29)30/h3-14,24H,15-19H2,1-2H3. The van der Waals surface area contributed by atoms with E-state index in [1.54, 1.807) is 31.2 Å². The van der Waals surface area contributed by atoms with E-state index >= 15 is 0 Å². The average Bonchev–Trinajstić information content (AvgIpc) is 2.81. The van der Waals surface area contributed by atoms with Gasteiger partial charge >= 0.3 is 6.18 Å². The van der Waals surface area contributed by atoms with Gasteiger partial charge in [0.1, 0.15) is 0 Å². The number of sulfonamides is 1. The third kappa shape index (κ3) is 5.54. The van der Waals surface area contributed by atoms with Crippen LogP contribution in [0, 0.1) is 13.8 Å². The highest BCUT2D eigenvalue weighted by Gasteiger charge is 2.36. The quantitative estimate of drug-likeness (QED) is 0.404. The van der Waals surface area contributed by atoms with Crippen LogP contribution in [-0.2, 0) is 22.7 Å². The number of piperidine rings is 1. The maximum absolute atomic E-state index is 13.9. The van der Waals surface area contributed by atoms with E-state index in [9.17, 15) is 21.6 Å². The molecule has 0 saturated carbocycles. The Morgan fingerprint density at radius 3 is 2.11 bits per heavy atom. The maximum atomic E-state index is 13.9. The summed E-state index contributed by atoms with van der Waals surface area (Å²) < 4.78 is 69.5. The van der Waals surface area contributed by atoms with Crippen molar-refractivity contribution >= 4 is 15.7 Å². The molecule has 0 aromatic heterocycles. The molecule has 0 N–H and O–H groups in total. The van der Waals surface area contributed by atoms with Crippen molar-refractivity contribution in [2.45, 2.75) is 50.3 Å². The van der Waals surface area contributed by atoms with Crippen LogP contribution < -0.4 is 4.31 Å². The largest absolute Gasteiger partial charge is 0.416 e. The molecule has 4 rings (SSSR count). The molecular weight excluding hydrogens is 473 g/mol. The van der Waals surface area contributed by atoms with Crippen molar-refractivity contribution in [3.63, 3.8) is 0 Å². The lowest BCUT2D eigenvalue weighted by molar-refractivity contribution is -0.138. The number of hydrogen-bond acceptors (Lipinski definition) is 3. The van der Waals surface area contributed by atoms with E-state index in [4.69, 9.17) is 0 Å². The molecule has 35 heavy (non-hydrogen) atoms. The highest BCUT2D eigenvalue weighted by Crippen LogP contribution is 2.34. The van der Waals surface area contributed by atoms with Gasteiger partial charge in [-0.3, -0.25) is 9.21 Å². The van der Waals surface area contributed by atoms with Gasteiger partial charge in [0, 0.05) is 25.7 Å². The molecule has 0 aliphatic carbocycles. The normalized spacial score (nSPS) is 15.8. The Bertz CT molecular complexity index is 1270. The number of alkyl halides is 3. The van der Waals surface area contributed by atoms with E-state index in [2.05, 4.69) is 0 Å². The van der Waals surface area contributed by atoms with Gasteiger partial charge in [0.15, 0.2) is 0 Å². The smallest absolute Gasteiger partial charge is 0.299 e. The van der Waals surface area contributed by atoms with Gasteiger partial charge in [-0.15, -0.1) is 0 Å². The van der Waals surface area contributed by atoms with Crippen molar-refractivity contribution < 1.29 is 21.6 Å². The molecule has 0 atom stereocenters. The highest BCUT2D eigenvalue weighted by molar-refractivity contribution is 7.93. The predicted molar refractivity (Wildman–Crippen MR) is 132 cm³/mol. The fraction of sp³-hybridized carbons (Fsp3) is 0.333. The van der Waals surface area contributed by atoms with E-state index in [-0.39, 0.29) is 23.0 Å². The lowest BCUT2D eigenvalue weighted by Crippen LogP contribution is -2.47. The molecule has 0 bridgehead atoms. The number of anilines is 1. The van der Waals surface area contributed by atoms with Crippen LogP contribution in [0.15, 0.2) is 77.7 Å². The molecule has 1 fully saturated rings. The van der Waals surface area contributed by atoms with Crippen molar-refractivity contribution in [3.8, 4) is 0 Å². The Morgan fingerprint density at radius 2 is 1.49 bits per heavy atom. The van der Waals surface area contributed by atoms with Gasteiger partial charge in [-0.25, -0.2) is 8.42 Å². The number of benzene rings is 3. The van der Waals surface area contributed by atoms with Crippen LogP contribution in [0.3, 0.4) is 0 Å². The number of hydrogen-bond donors (Lipinski definition) is 0. The summed E-state index contributed by atoms with van der Waals surface area (Å²) in [6.07, 6.45) is -3.36. The third-order valence-corrected chi connectivity index (χ3v) is 8.57. The van der Waals surface area contributed by atoms with Gasteiger partial charge < -0.3 is 0 Å². The Labute approximate surface area is 205 Å². The topological polar surface area (TPSA) is 40.6 Å². The van der Waals surface area contributed by atoms with Gasteiger partial charge in [-0.2, -0.15) is 13.2 Å². The van der Waals surface area contributed by atoms with Crippen LogP contribution in [0.5, 0.6) is 0 Å². The van der Waals surface area contributed by atoms with E-state index in [0.29, 0.717) is 37.2 Å². The second-order valence-electron chi connectivity index (χ2n) is 9.06. The lowest BCUT2D eigenvalue weighted by atomic mass is 10.0. The molecule has 1 aliphatic rings. The molecule has 0 unspecified atom stereocenters. The molecule has 0 spiro atoms. The van der Waals surface area contributed by atoms with E-state index in [1.165, 1.54) is 16.4 Å². The summed E-state index contributed by atoms with van der Waals surface area (Å²) >= 11 is 0. The van der Waals surface area contributed by atoms with Crippen molar-refractivity contribution in [2.24, 2.45) is 0 Å². The summed E-state index contributed by atoms with van der Waals surface area (Å²) in [7, 11) is -3.83. The summed E-state index contributed by atoms with van der Waals surface area (Å²) in [6, 6.07) is 19.7. The van der Waals surface area contributed by atoms with Gasteiger partial charge in [-0.05, 0) is 62.1 Å². The van der Waals surface area contributed by atoms with Crippen LogP contribution in [0.4, 0.5) is 18.9 Å². The second kappa shape index (κ2) is 10.0. The molecular formula is C27H29F3N2O2S. The predicted octanol–water partition coefficient (Wildman–Crippen LogP) is 6.18. The summed E-state index contributed by atoms with van der Waals surface area (Å²) in [5.41, 5.74) is 1.91. The molecule has 1 aliphatic heterocycles. The SMILES string of the molecule is Cc1ccc(N(C2CCN(Cc3ccccc3C(F)(F)F)CC2)S(=O)(=O)c2ccccc2C)cc1. The van der Waals surface area contributed by atoms with Crippen molar-refractivity contribution in [1.82, 2.24) is 4.90 Å². The maximum Gasteiger partial charge on any atom is 0.416 e.